The van der Waals surface area contributed by atoms with Crippen molar-refractivity contribution in [3.05, 3.63) is 43.0 Å². The number of aromatic nitrogens is 2. The van der Waals surface area contributed by atoms with E-state index in [1.807, 2.05) is 0 Å². The molecule has 15 heteroatoms. The highest BCUT2D eigenvalue weighted by Crippen LogP contribution is 2.38. The van der Waals surface area contributed by atoms with E-state index in [4.69, 9.17) is 20.1 Å². The number of ether oxygens (including phenoxy) is 1. The fourth-order valence-corrected chi connectivity index (χ4v) is 2.89. The quantitative estimate of drug-likeness (QED) is 0.111. The van der Waals surface area contributed by atoms with Crippen molar-refractivity contribution in [3.8, 4) is 0 Å². The van der Waals surface area contributed by atoms with E-state index in [2.05, 4.69) is 19.5 Å². The number of aryl methyl sites for hydroxylation is 1. The third-order valence-electron chi connectivity index (χ3n) is 3.83. The second kappa shape index (κ2) is 8.78. The first-order valence-corrected chi connectivity index (χ1v) is 9.24. The lowest BCUT2D eigenvalue weighted by Gasteiger charge is -2.18. The Balaban J connectivity index is 2.21. The third-order valence-corrected chi connectivity index (χ3v) is 4.31. The first kappa shape index (κ1) is 21.3. The predicted octanol–water partition coefficient (Wildman–Crippen LogP) is -1.49. The Hall–Kier alpha value is -2.02. The molecule has 1 aliphatic heterocycles. The van der Waals surface area contributed by atoms with Gasteiger partial charge in [0.05, 0.1) is 6.61 Å². The zero-order valence-corrected chi connectivity index (χ0v) is 14.7. The molecule has 0 aromatic carbocycles. The van der Waals surface area contributed by atoms with Crippen molar-refractivity contribution < 1.29 is 33.8 Å². The second-order valence-corrected chi connectivity index (χ2v) is 6.95. The number of hydrogen-bond acceptors (Lipinski definition) is 8. The Morgan fingerprint density at radius 2 is 2.07 bits per heavy atom. The van der Waals surface area contributed by atoms with Crippen LogP contribution in [-0.4, -0.2) is 61.0 Å². The molecule has 5 N–H and O–H groups in total. The maximum absolute atomic E-state index is 12.0. The number of aliphatic hydroxyl groups is 2. The second-order valence-electron chi connectivity index (χ2n) is 5.71. The average molecular weight is 407 g/mol. The summed E-state index contributed by atoms with van der Waals surface area (Å²) in [7, 11) is -4.82. The van der Waals surface area contributed by atoms with Crippen molar-refractivity contribution in [2.75, 3.05) is 13.2 Å². The highest BCUT2D eigenvalue weighted by Gasteiger charge is 2.45. The first-order valence-electron chi connectivity index (χ1n) is 7.71. The summed E-state index contributed by atoms with van der Waals surface area (Å²) in [6.45, 7) is -0.589. The molecule has 0 amide bonds. The molecular weight excluding hydrogens is 389 g/mol. The van der Waals surface area contributed by atoms with E-state index in [0.29, 0.717) is 6.42 Å². The maximum atomic E-state index is 12.0. The van der Waals surface area contributed by atoms with Gasteiger partial charge < -0.3 is 24.7 Å². The minimum atomic E-state index is -4.82. The van der Waals surface area contributed by atoms with Gasteiger partial charge in [0.15, 0.2) is 6.23 Å². The summed E-state index contributed by atoms with van der Waals surface area (Å²) < 4.78 is 21.2. The molecule has 1 aliphatic rings. The summed E-state index contributed by atoms with van der Waals surface area (Å²) in [5.41, 5.74) is 6.82. The number of phosphoric acid groups is 1. The summed E-state index contributed by atoms with van der Waals surface area (Å²) in [6.07, 6.45) is -4.28. The molecule has 150 valence electrons. The van der Waals surface area contributed by atoms with Gasteiger partial charge in [0, 0.05) is 23.2 Å². The molecule has 2 heterocycles. The summed E-state index contributed by atoms with van der Waals surface area (Å²) >= 11 is 0. The monoisotopic (exact) mass is 407 g/mol. The zero-order valence-electron chi connectivity index (χ0n) is 13.8. The number of nitrogens with zero attached hydrogens (tertiary/aromatic N) is 4. The Bertz CT molecular complexity index is 873. The third kappa shape index (κ3) is 5.48. The van der Waals surface area contributed by atoms with Gasteiger partial charge in [-0.1, -0.05) is 5.11 Å². The van der Waals surface area contributed by atoms with Crippen LogP contribution >= 0.6 is 7.82 Å². The Morgan fingerprint density at radius 1 is 1.37 bits per heavy atom. The smallest absolute Gasteiger partial charge is 0.387 e. The van der Waals surface area contributed by atoms with E-state index < -0.39 is 50.2 Å². The number of nitrogens with one attached hydrogen (secondary N) is 1. The van der Waals surface area contributed by atoms with E-state index >= 15 is 0 Å². The molecule has 1 fully saturated rings. The van der Waals surface area contributed by atoms with Gasteiger partial charge in [-0.25, -0.2) is 9.36 Å². The SMILES string of the molecule is [N-]=[N+]=NCCCc1cn([C@@H]2O[C@H](COP(=O)(O)O)[C@@H](O)[C@H]2O)c(=O)[nH]c1=O. The van der Waals surface area contributed by atoms with E-state index in [9.17, 15) is 24.4 Å². The Kier molecular flexibility index (Phi) is 6.92. The fraction of sp³-hybridized carbons (Fsp3) is 0.667. The fourth-order valence-electron chi connectivity index (χ4n) is 2.55. The van der Waals surface area contributed by atoms with Crippen LogP contribution in [0, 0.1) is 0 Å². The number of aliphatic hydroxyl groups excluding tert-OH is 2. The van der Waals surface area contributed by atoms with E-state index in [1.165, 1.54) is 0 Å². The summed E-state index contributed by atoms with van der Waals surface area (Å²) in [5.74, 6) is 0. The number of hydrogen-bond donors (Lipinski definition) is 5. The molecular formula is C12H18N5O9P. The van der Waals surface area contributed by atoms with E-state index in [0.717, 1.165) is 10.8 Å². The van der Waals surface area contributed by atoms with Crippen LogP contribution in [0.4, 0.5) is 0 Å². The molecule has 1 aromatic heterocycles. The van der Waals surface area contributed by atoms with Crippen LogP contribution in [0.3, 0.4) is 0 Å². The molecule has 1 aromatic rings. The van der Waals surface area contributed by atoms with Gasteiger partial charge in [0.2, 0.25) is 0 Å². The standard InChI is InChI=1S/C12H18N5O9P/c13-16-14-3-1-2-6-4-17(12(21)15-10(6)20)11-9(19)8(18)7(26-11)5-25-27(22,23)24/h4,7-9,11,18-19H,1-3,5H2,(H,15,20,21)(H2,22,23,24)/t7-,8-,9-,11-/m1/s1. The van der Waals surface area contributed by atoms with Crippen LogP contribution < -0.4 is 11.2 Å². The number of azide groups is 1. The van der Waals surface area contributed by atoms with Crippen molar-refractivity contribution in [1.82, 2.24) is 9.55 Å². The molecule has 0 unspecified atom stereocenters. The lowest BCUT2D eigenvalue weighted by molar-refractivity contribution is -0.0544. The van der Waals surface area contributed by atoms with Crippen LogP contribution in [0.5, 0.6) is 0 Å². The first-order chi connectivity index (χ1) is 12.6. The Labute approximate surface area is 150 Å². The lowest BCUT2D eigenvalue weighted by Crippen LogP contribution is -2.39. The van der Waals surface area contributed by atoms with Gasteiger partial charge in [-0.05, 0) is 18.4 Å². The van der Waals surface area contributed by atoms with Gasteiger partial charge >= 0.3 is 13.5 Å². The molecule has 0 spiro atoms. The van der Waals surface area contributed by atoms with Crippen molar-refractivity contribution in [3.63, 3.8) is 0 Å². The molecule has 0 radical (unpaired) electrons. The summed E-state index contributed by atoms with van der Waals surface area (Å²) in [6, 6.07) is 0. The normalized spacial score (nSPS) is 25.3. The summed E-state index contributed by atoms with van der Waals surface area (Å²) in [4.78, 5) is 46.0. The molecule has 27 heavy (non-hydrogen) atoms. The lowest BCUT2D eigenvalue weighted by atomic mass is 10.1. The van der Waals surface area contributed by atoms with Crippen molar-refractivity contribution >= 4 is 7.82 Å². The highest BCUT2D eigenvalue weighted by atomic mass is 31.2. The average Bonchev–Trinajstić information content (AvgIpc) is 2.86. The van der Waals surface area contributed by atoms with Crippen molar-refractivity contribution in [1.29, 1.82) is 0 Å². The van der Waals surface area contributed by atoms with Crippen molar-refractivity contribution in [2.24, 2.45) is 5.11 Å². The largest absolute Gasteiger partial charge is 0.469 e. The van der Waals surface area contributed by atoms with Gasteiger partial charge in [-0.3, -0.25) is 18.9 Å². The van der Waals surface area contributed by atoms with Gasteiger partial charge in [0.25, 0.3) is 5.56 Å². The molecule has 2 rings (SSSR count). The molecule has 0 bridgehead atoms. The van der Waals surface area contributed by atoms with Crippen LogP contribution in [-0.2, 0) is 20.2 Å². The minimum absolute atomic E-state index is 0.137. The molecule has 4 atom stereocenters. The van der Waals surface area contributed by atoms with E-state index in [-0.39, 0.29) is 18.5 Å². The van der Waals surface area contributed by atoms with Gasteiger partial charge in [0.1, 0.15) is 18.3 Å². The number of rotatable bonds is 8. The Morgan fingerprint density at radius 3 is 2.70 bits per heavy atom. The number of H-pyrrole nitrogens is 1. The highest BCUT2D eigenvalue weighted by molar-refractivity contribution is 7.46. The number of aromatic amines is 1. The van der Waals surface area contributed by atoms with Gasteiger partial charge in [-0.15, -0.1) is 0 Å². The van der Waals surface area contributed by atoms with Crippen LogP contribution in [0.15, 0.2) is 20.9 Å². The molecule has 1 saturated heterocycles. The number of phosphoric ester groups is 1. The topological polar surface area (TPSA) is 220 Å². The predicted molar refractivity (Wildman–Crippen MR) is 87.6 cm³/mol. The summed E-state index contributed by atoms with van der Waals surface area (Å²) in [5, 5.41) is 23.4. The molecule has 0 aliphatic carbocycles. The maximum Gasteiger partial charge on any atom is 0.469 e. The van der Waals surface area contributed by atoms with Crippen LogP contribution in [0.1, 0.15) is 18.2 Å². The molecule has 0 saturated carbocycles. The van der Waals surface area contributed by atoms with Crippen LogP contribution in [0.2, 0.25) is 0 Å². The van der Waals surface area contributed by atoms with Crippen LogP contribution in [0.25, 0.3) is 10.4 Å². The van der Waals surface area contributed by atoms with Crippen molar-refractivity contribution in [2.45, 2.75) is 37.4 Å². The minimum Gasteiger partial charge on any atom is -0.387 e. The van der Waals surface area contributed by atoms with E-state index in [1.54, 1.807) is 0 Å². The zero-order chi connectivity index (χ0) is 20.2. The molecule has 14 nitrogen and oxygen atoms in total. The van der Waals surface area contributed by atoms with Gasteiger partial charge in [-0.2, -0.15) is 0 Å².